The molecule has 0 aromatic heterocycles. The first-order chi connectivity index (χ1) is 9.63. The van der Waals surface area contributed by atoms with Crippen LogP contribution in [0.2, 0.25) is 0 Å². The smallest absolute Gasteiger partial charge is 0.257 e. The SMILES string of the molecule is CCCN(C(=O)c1cc(F)ccc1F)C1CCNCC1.Cl. The highest BCUT2D eigenvalue weighted by atomic mass is 35.5. The highest BCUT2D eigenvalue weighted by Gasteiger charge is 2.27. The molecule has 1 aliphatic heterocycles. The maximum atomic E-state index is 13.8. The first-order valence-corrected chi connectivity index (χ1v) is 7.10. The Kier molecular flexibility index (Phi) is 7.05. The zero-order chi connectivity index (χ0) is 14.5. The van der Waals surface area contributed by atoms with Gasteiger partial charge in [-0.1, -0.05) is 6.92 Å². The van der Waals surface area contributed by atoms with E-state index >= 15 is 0 Å². The molecule has 118 valence electrons. The van der Waals surface area contributed by atoms with Crippen molar-refractivity contribution in [3.8, 4) is 0 Å². The Morgan fingerprint density at radius 2 is 2.00 bits per heavy atom. The lowest BCUT2D eigenvalue weighted by Gasteiger charge is -2.34. The second-order valence-electron chi connectivity index (χ2n) is 5.10. The maximum absolute atomic E-state index is 13.8. The molecule has 1 fully saturated rings. The number of hydrogen-bond acceptors (Lipinski definition) is 2. The lowest BCUT2D eigenvalue weighted by atomic mass is 10.0. The van der Waals surface area contributed by atoms with E-state index in [-0.39, 0.29) is 24.0 Å². The largest absolute Gasteiger partial charge is 0.335 e. The first kappa shape index (κ1) is 17.9. The van der Waals surface area contributed by atoms with Gasteiger partial charge in [0.2, 0.25) is 0 Å². The Hall–Kier alpha value is -1.20. The summed E-state index contributed by atoms with van der Waals surface area (Å²) in [7, 11) is 0. The molecular formula is C15H21ClF2N2O. The van der Waals surface area contributed by atoms with Crippen LogP contribution in [0.15, 0.2) is 18.2 Å². The van der Waals surface area contributed by atoms with Crippen LogP contribution >= 0.6 is 12.4 Å². The summed E-state index contributed by atoms with van der Waals surface area (Å²) >= 11 is 0. The molecular weight excluding hydrogens is 298 g/mol. The highest BCUT2D eigenvalue weighted by Crippen LogP contribution is 2.18. The molecule has 0 spiro atoms. The summed E-state index contributed by atoms with van der Waals surface area (Å²) in [4.78, 5) is 14.2. The number of nitrogens with zero attached hydrogens (tertiary/aromatic N) is 1. The molecule has 2 rings (SSSR count). The second-order valence-corrected chi connectivity index (χ2v) is 5.10. The minimum Gasteiger partial charge on any atom is -0.335 e. The number of benzene rings is 1. The van der Waals surface area contributed by atoms with Crippen LogP contribution in [-0.4, -0.2) is 36.5 Å². The standard InChI is InChI=1S/C15H20F2N2O.ClH/c1-2-9-19(12-5-7-18-8-6-12)15(20)13-10-11(16)3-4-14(13)17;/h3-4,10,12,18H,2,5-9H2,1H3;1H. The summed E-state index contributed by atoms with van der Waals surface area (Å²) in [5.41, 5.74) is -0.169. The molecule has 0 aliphatic carbocycles. The van der Waals surface area contributed by atoms with E-state index in [2.05, 4.69) is 5.32 Å². The van der Waals surface area contributed by atoms with Gasteiger partial charge in [-0.3, -0.25) is 4.79 Å². The molecule has 0 radical (unpaired) electrons. The van der Waals surface area contributed by atoms with Gasteiger partial charge in [-0.2, -0.15) is 0 Å². The first-order valence-electron chi connectivity index (χ1n) is 7.10. The van der Waals surface area contributed by atoms with Gasteiger partial charge in [0.05, 0.1) is 5.56 Å². The number of nitrogens with one attached hydrogen (secondary N) is 1. The monoisotopic (exact) mass is 318 g/mol. The molecule has 1 heterocycles. The number of halogens is 3. The number of hydrogen-bond donors (Lipinski definition) is 1. The summed E-state index contributed by atoms with van der Waals surface area (Å²) in [5, 5.41) is 3.24. The lowest BCUT2D eigenvalue weighted by Crippen LogP contribution is -2.46. The molecule has 6 heteroatoms. The normalized spacial score (nSPS) is 15.4. The van der Waals surface area contributed by atoms with E-state index in [1.165, 1.54) is 0 Å². The van der Waals surface area contributed by atoms with Gasteiger partial charge in [-0.15, -0.1) is 12.4 Å². The van der Waals surface area contributed by atoms with Crippen molar-refractivity contribution < 1.29 is 13.6 Å². The molecule has 21 heavy (non-hydrogen) atoms. The van der Waals surface area contributed by atoms with Crippen molar-refractivity contribution in [2.45, 2.75) is 32.2 Å². The molecule has 1 aliphatic rings. The van der Waals surface area contributed by atoms with E-state index < -0.39 is 17.5 Å². The molecule has 1 N–H and O–H groups in total. The zero-order valence-electron chi connectivity index (χ0n) is 12.1. The summed E-state index contributed by atoms with van der Waals surface area (Å²) in [6.45, 7) is 4.25. The van der Waals surface area contributed by atoms with Gasteiger partial charge in [0.15, 0.2) is 0 Å². The summed E-state index contributed by atoms with van der Waals surface area (Å²) < 4.78 is 27.0. The predicted molar refractivity (Wildman–Crippen MR) is 80.8 cm³/mol. The second kappa shape index (κ2) is 8.29. The number of carbonyl (C=O) groups is 1. The van der Waals surface area contributed by atoms with Crippen LogP contribution in [0.25, 0.3) is 0 Å². The molecule has 0 saturated carbocycles. The lowest BCUT2D eigenvalue weighted by molar-refractivity contribution is 0.0637. The van der Waals surface area contributed by atoms with E-state index in [1.54, 1.807) is 4.90 Å². The fourth-order valence-electron chi connectivity index (χ4n) is 2.63. The van der Waals surface area contributed by atoms with Gasteiger partial charge in [0.1, 0.15) is 11.6 Å². The van der Waals surface area contributed by atoms with Crippen LogP contribution in [0.4, 0.5) is 8.78 Å². The number of piperidine rings is 1. The van der Waals surface area contributed by atoms with Gasteiger partial charge in [-0.05, 0) is 50.6 Å². The summed E-state index contributed by atoms with van der Waals surface area (Å²) in [6.07, 6.45) is 2.50. The van der Waals surface area contributed by atoms with Crippen molar-refractivity contribution in [1.82, 2.24) is 10.2 Å². The Labute approximate surface area is 130 Å². The maximum Gasteiger partial charge on any atom is 0.257 e. The summed E-state index contributed by atoms with van der Waals surface area (Å²) in [6, 6.07) is 3.13. The average molecular weight is 319 g/mol. The number of rotatable bonds is 4. The third-order valence-corrected chi connectivity index (χ3v) is 3.63. The molecule has 0 atom stereocenters. The van der Waals surface area contributed by atoms with Crippen LogP contribution in [0.5, 0.6) is 0 Å². The van der Waals surface area contributed by atoms with Crippen molar-refractivity contribution in [3.63, 3.8) is 0 Å². The van der Waals surface area contributed by atoms with E-state index in [0.717, 1.165) is 50.6 Å². The fourth-order valence-corrected chi connectivity index (χ4v) is 2.63. The van der Waals surface area contributed by atoms with Crippen LogP contribution in [0.1, 0.15) is 36.5 Å². The van der Waals surface area contributed by atoms with Crippen molar-refractivity contribution in [2.24, 2.45) is 0 Å². The van der Waals surface area contributed by atoms with E-state index in [4.69, 9.17) is 0 Å². The third-order valence-electron chi connectivity index (χ3n) is 3.63. The number of amides is 1. The molecule has 0 unspecified atom stereocenters. The van der Waals surface area contributed by atoms with Gasteiger partial charge in [0.25, 0.3) is 5.91 Å². The molecule has 1 amide bonds. The van der Waals surface area contributed by atoms with Crippen molar-refractivity contribution in [3.05, 3.63) is 35.4 Å². The van der Waals surface area contributed by atoms with Gasteiger partial charge < -0.3 is 10.2 Å². The molecule has 0 bridgehead atoms. The van der Waals surface area contributed by atoms with Crippen molar-refractivity contribution >= 4 is 18.3 Å². The summed E-state index contributed by atoms with van der Waals surface area (Å²) in [5.74, 6) is -1.65. The number of carbonyl (C=O) groups excluding carboxylic acids is 1. The van der Waals surface area contributed by atoms with Gasteiger partial charge in [-0.25, -0.2) is 8.78 Å². The van der Waals surface area contributed by atoms with Crippen LogP contribution in [0, 0.1) is 11.6 Å². The van der Waals surface area contributed by atoms with Crippen molar-refractivity contribution in [2.75, 3.05) is 19.6 Å². The molecule has 1 aromatic carbocycles. The van der Waals surface area contributed by atoms with Gasteiger partial charge in [0, 0.05) is 12.6 Å². The van der Waals surface area contributed by atoms with E-state index in [1.807, 2.05) is 6.92 Å². The van der Waals surface area contributed by atoms with Crippen molar-refractivity contribution in [1.29, 1.82) is 0 Å². The minimum atomic E-state index is -0.661. The van der Waals surface area contributed by atoms with Crippen LogP contribution < -0.4 is 5.32 Å². The Bertz CT molecular complexity index is 479. The molecule has 1 aromatic rings. The Morgan fingerprint density at radius 3 is 2.62 bits per heavy atom. The molecule has 3 nitrogen and oxygen atoms in total. The topological polar surface area (TPSA) is 32.3 Å². The van der Waals surface area contributed by atoms with Gasteiger partial charge >= 0.3 is 0 Å². The Balaban J connectivity index is 0.00000220. The van der Waals surface area contributed by atoms with E-state index in [0.29, 0.717) is 6.54 Å². The van der Waals surface area contributed by atoms with Crippen LogP contribution in [-0.2, 0) is 0 Å². The Morgan fingerprint density at radius 1 is 1.33 bits per heavy atom. The average Bonchev–Trinajstić information content (AvgIpc) is 2.47. The third kappa shape index (κ3) is 4.38. The quantitative estimate of drug-likeness (QED) is 0.925. The highest BCUT2D eigenvalue weighted by molar-refractivity contribution is 5.94. The zero-order valence-corrected chi connectivity index (χ0v) is 12.9. The van der Waals surface area contributed by atoms with Crippen LogP contribution in [0.3, 0.4) is 0 Å². The minimum absolute atomic E-state index is 0. The molecule has 1 saturated heterocycles. The fraction of sp³-hybridized carbons (Fsp3) is 0.533. The van der Waals surface area contributed by atoms with E-state index in [9.17, 15) is 13.6 Å². The predicted octanol–water partition coefficient (Wildman–Crippen LogP) is 2.99.